The maximum atomic E-state index is 11.6. The topological polar surface area (TPSA) is 85.4 Å². The van der Waals surface area contributed by atoms with Crippen molar-refractivity contribution >= 4 is 35.8 Å². The number of aromatic amines is 1. The van der Waals surface area contributed by atoms with Gasteiger partial charge in [0.2, 0.25) is 0 Å². The number of benzene rings is 2. The first-order valence-corrected chi connectivity index (χ1v) is 9.43. The molecule has 3 N–H and O–H groups in total. The fourth-order valence-corrected chi connectivity index (χ4v) is 2.99. The van der Waals surface area contributed by atoms with Crippen LogP contribution in [-0.2, 0) is 13.1 Å². The number of imidazole rings is 1. The zero-order chi connectivity index (χ0) is 20.6. The van der Waals surface area contributed by atoms with Crippen LogP contribution >= 0.6 is 24.0 Å². The van der Waals surface area contributed by atoms with Crippen molar-refractivity contribution in [3.05, 3.63) is 77.7 Å². The van der Waals surface area contributed by atoms with Gasteiger partial charge >= 0.3 is 0 Å². The fraction of sp³-hybridized carbons (Fsp3) is 0.227. The van der Waals surface area contributed by atoms with E-state index in [-0.39, 0.29) is 29.9 Å². The number of carbonyl (C=O) groups is 1. The lowest BCUT2D eigenvalue weighted by molar-refractivity contribution is 0.0963. The molecule has 0 saturated carbocycles. The highest BCUT2D eigenvalue weighted by molar-refractivity contribution is 14.0. The summed E-state index contributed by atoms with van der Waals surface area (Å²) < 4.78 is 0. The molecule has 2 aromatic carbocycles. The summed E-state index contributed by atoms with van der Waals surface area (Å²) in [4.78, 5) is 25.8. The smallest absolute Gasteiger partial charge is 0.251 e. The minimum atomic E-state index is -0.0895. The van der Waals surface area contributed by atoms with Gasteiger partial charge in [0.25, 0.3) is 5.91 Å². The molecule has 0 aliphatic rings. The van der Waals surface area contributed by atoms with E-state index in [9.17, 15) is 4.79 Å². The van der Waals surface area contributed by atoms with E-state index in [4.69, 9.17) is 0 Å². The molecular formula is C22H27IN6O. The summed E-state index contributed by atoms with van der Waals surface area (Å²) in [5.74, 6) is 1.54. The Morgan fingerprint density at radius 2 is 1.83 bits per heavy atom. The van der Waals surface area contributed by atoms with Gasteiger partial charge in [0, 0.05) is 33.3 Å². The number of rotatable bonds is 6. The lowest BCUT2D eigenvalue weighted by Gasteiger charge is -2.21. The Hall–Kier alpha value is -2.88. The summed E-state index contributed by atoms with van der Waals surface area (Å²) in [6, 6.07) is 17.6. The molecule has 7 nitrogen and oxygen atoms in total. The van der Waals surface area contributed by atoms with Crippen molar-refractivity contribution in [3.8, 4) is 11.3 Å². The average molecular weight is 518 g/mol. The van der Waals surface area contributed by atoms with E-state index in [1.54, 1.807) is 14.1 Å². The summed E-state index contributed by atoms with van der Waals surface area (Å²) >= 11 is 0. The van der Waals surface area contributed by atoms with E-state index >= 15 is 0 Å². The molecule has 1 aromatic heterocycles. The van der Waals surface area contributed by atoms with Crippen LogP contribution in [0.5, 0.6) is 0 Å². The highest BCUT2D eigenvalue weighted by Crippen LogP contribution is 2.16. The maximum absolute atomic E-state index is 11.6. The summed E-state index contributed by atoms with van der Waals surface area (Å²) in [5.41, 5.74) is 3.81. The molecule has 8 heteroatoms. The van der Waals surface area contributed by atoms with Gasteiger partial charge in [-0.1, -0.05) is 42.5 Å². The molecule has 0 aliphatic heterocycles. The second kappa shape index (κ2) is 11.3. The molecule has 0 aliphatic carbocycles. The van der Waals surface area contributed by atoms with Crippen molar-refractivity contribution in [3.63, 3.8) is 0 Å². The van der Waals surface area contributed by atoms with Gasteiger partial charge in [-0.05, 0) is 23.3 Å². The van der Waals surface area contributed by atoms with Gasteiger partial charge in [0.1, 0.15) is 5.82 Å². The highest BCUT2D eigenvalue weighted by atomic mass is 127. The molecule has 0 radical (unpaired) electrons. The molecule has 1 amide bonds. The van der Waals surface area contributed by atoms with E-state index in [1.165, 1.54) is 0 Å². The van der Waals surface area contributed by atoms with E-state index in [1.807, 2.05) is 60.6 Å². The fourth-order valence-electron chi connectivity index (χ4n) is 2.99. The monoisotopic (exact) mass is 518 g/mol. The summed E-state index contributed by atoms with van der Waals surface area (Å²) in [6.45, 7) is 1.21. The maximum Gasteiger partial charge on any atom is 0.251 e. The molecule has 30 heavy (non-hydrogen) atoms. The molecule has 0 fully saturated rings. The lowest BCUT2D eigenvalue weighted by Crippen LogP contribution is -2.38. The predicted molar refractivity (Wildman–Crippen MR) is 131 cm³/mol. The highest BCUT2D eigenvalue weighted by Gasteiger charge is 2.10. The molecule has 0 saturated heterocycles. The Bertz CT molecular complexity index is 969. The summed E-state index contributed by atoms with van der Waals surface area (Å²) in [6.07, 6.45) is 1.85. The average Bonchev–Trinajstić information content (AvgIpc) is 3.23. The zero-order valence-corrected chi connectivity index (χ0v) is 19.7. The van der Waals surface area contributed by atoms with Crippen LogP contribution in [0.1, 0.15) is 21.7 Å². The van der Waals surface area contributed by atoms with Crippen molar-refractivity contribution in [2.75, 3.05) is 21.1 Å². The number of aliphatic imine (C=N–C) groups is 1. The molecule has 158 valence electrons. The van der Waals surface area contributed by atoms with Crippen molar-refractivity contribution < 1.29 is 4.79 Å². The van der Waals surface area contributed by atoms with E-state index in [0.29, 0.717) is 18.7 Å². The number of halogens is 1. The SMILES string of the molecule is CN=C(NCc1ccc(C(=O)NC)cc1)N(C)Cc1ncc(-c2ccccc2)[nH]1.I. The number of amides is 1. The lowest BCUT2D eigenvalue weighted by atomic mass is 10.1. The van der Waals surface area contributed by atoms with Crippen LogP contribution in [0.4, 0.5) is 0 Å². The van der Waals surface area contributed by atoms with Gasteiger partial charge in [0.15, 0.2) is 5.96 Å². The van der Waals surface area contributed by atoms with E-state index in [2.05, 4.69) is 37.7 Å². The van der Waals surface area contributed by atoms with Crippen LogP contribution in [0.3, 0.4) is 0 Å². The largest absolute Gasteiger partial charge is 0.355 e. The first kappa shape index (κ1) is 23.4. The van der Waals surface area contributed by atoms with Crippen molar-refractivity contribution in [2.24, 2.45) is 4.99 Å². The first-order valence-electron chi connectivity index (χ1n) is 9.43. The number of nitrogens with zero attached hydrogens (tertiary/aromatic N) is 3. The van der Waals surface area contributed by atoms with Gasteiger partial charge in [-0.25, -0.2) is 4.98 Å². The number of carbonyl (C=O) groups excluding carboxylic acids is 1. The number of nitrogens with one attached hydrogen (secondary N) is 3. The first-order chi connectivity index (χ1) is 14.1. The van der Waals surface area contributed by atoms with Crippen LogP contribution in [-0.4, -0.2) is 47.9 Å². The van der Waals surface area contributed by atoms with Gasteiger partial charge < -0.3 is 20.5 Å². The van der Waals surface area contributed by atoms with Crippen molar-refractivity contribution in [1.82, 2.24) is 25.5 Å². The third-order valence-electron chi connectivity index (χ3n) is 4.57. The Kier molecular flexibility index (Phi) is 8.85. The molecule has 0 atom stereocenters. The Morgan fingerprint density at radius 1 is 1.13 bits per heavy atom. The van der Waals surface area contributed by atoms with Crippen molar-refractivity contribution in [1.29, 1.82) is 0 Å². The molecule has 0 spiro atoms. The molecular weight excluding hydrogens is 491 g/mol. The second-order valence-electron chi connectivity index (χ2n) is 6.64. The number of hydrogen-bond donors (Lipinski definition) is 3. The second-order valence-corrected chi connectivity index (χ2v) is 6.64. The number of guanidine groups is 1. The standard InChI is InChI=1S/C22H26N6O.HI/c1-23-21(29)18-11-9-16(10-12-18)13-26-22(24-2)28(3)15-20-25-14-19(27-20)17-7-5-4-6-8-17;/h4-12,14H,13,15H2,1-3H3,(H,23,29)(H,24,26)(H,25,27);1H. The third-order valence-corrected chi connectivity index (χ3v) is 4.57. The van der Waals surface area contributed by atoms with Gasteiger partial charge in [-0.3, -0.25) is 9.79 Å². The third kappa shape index (κ3) is 6.06. The number of H-pyrrole nitrogens is 1. The number of hydrogen-bond acceptors (Lipinski definition) is 3. The van der Waals surface area contributed by atoms with E-state index < -0.39 is 0 Å². The molecule has 1 heterocycles. The summed E-state index contributed by atoms with van der Waals surface area (Å²) in [7, 11) is 5.35. The zero-order valence-electron chi connectivity index (χ0n) is 17.3. The molecule has 0 bridgehead atoms. The number of aromatic nitrogens is 2. The van der Waals surface area contributed by atoms with Crippen LogP contribution in [0.2, 0.25) is 0 Å². The van der Waals surface area contributed by atoms with Crippen molar-refractivity contribution in [2.45, 2.75) is 13.1 Å². The van der Waals surface area contributed by atoms with Crippen LogP contribution in [0.25, 0.3) is 11.3 Å². The molecule has 0 unspecified atom stereocenters. The minimum Gasteiger partial charge on any atom is -0.355 e. The quantitative estimate of drug-likeness (QED) is 0.266. The minimum absolute atomic E-state index is 0. The Morgan fingerprint density at radius 3 is 2.47 bits per heavy atom. The Balaban J connectivity index is 0.00000320. The normalized spacial score (nSPS) is 10.8. The van der Waals surface area contributed by atoms with Crippen LogP contribution < -0.4 is 10.6 Å². The van der Waals surface area contributed by atoms with E-state index in [0.717, 1.165) is 28.6 Å². The van der Waals surface area contributed by atoms with Gasteiger partial charge in [-0.15, -0.1) is 24.0 Å². The summed E-state index contributed by atoms with van der Waals surface area (Å²) in [5, 5.41) is 5.96. The molecule has 3 rings (SSSR count). The molecule has 3 aromatic rings. The van der Waals surface area contributed by atoms with Gasteiger partial charge in [0.05, 0.1) is 18.4 Å². The Labute approximate surface area is 194 Å². The van der Waals surface area contributed by atoms with Gasteiger partial charge in [-0.2, -0.15) is 0 Å². The van der Waals surface area contributed by atoms with Crippen LogP contribution in [0, 0.1) is 0 Å². The predicted octanol–water partition coefficient (Wildman–Crippen LogP) is 3.26. The van der Waals surface area contributed by atoms with Crippen LogP contribution in [0.15, 0.2) is 65.8 Å².